The Labute approximate surface area is 194 Å². The first-order chi connectivity index (χ1) is 16.4. The lowest BCUT2D eigenvalue weighted by Gasteiger charge is -2.22. The van der Waals surface area contributed by atoms with Gasteiger partial charge in [-0.2, -0.15) is 0 Å². The highest BCUT2D eigenvalue weighted by molar-refractivity contribution is 5.95. The van der Waals surface area contributed by atoms with Crippen LogP contribution in [0.1, 0.15) is 33.4 Å². The first kappa shape index (κ1) is 23.3. The summed E-state index contributed by atoms with van der Waals surface area (Å²) in [6.45, 7) is 0.783. The maximum absolute atomic E-state index is 13.9. The molecule has 2 atom stereocenters. The van der Waals surface area contributed by atoms with Gasteiger partial charge in [0.1, 0.15) is 30.0 Å². The van der Waals surface area contributed by atoms with E-state index in [9.17, 15) is 23.8 Å². The Morgan fingerprint density at radius 1 is 1.09 bits per heavy atom. The van der Waals surface area contributed by atoms with E-state index in [2.05, 4.69) is 10.3 Å². The zero-order valence-corrected chi connectivity index (χ0v) is 18.3. The second-order valence-electron chi connectivity index (χ2n) is 7.72. The Kier molecular flexibility index (Phi) is 6.85. The fraction of sp³-hybridized carbons (Fsp3) is 0.200. The molecule has 7 nitrogen and oxygen atoms in total. The molecule has 34 heavy (non-hydrogen) atoms. The van der Waals surface area contributed by atoms with Gasteiger partial charge >= 0.3 is 0 Å². The summed E-state index contributed by atoms with van der Waals surface area (Å²) in [5.41, 5.74) is 1.16. The van der Waals surface area contributed by atoms with E-state index in [-0.39, 0.29) is 29.3 Å². The number of fused-ring (bicyclic) bond motifs is 1. The number of pyridine rings is 1. The number of aliphatic hydroxyl groups excluding tert-OH is 2. The van der Waals surface area contributed by atoms with Crippen LogP contribution in [-0.4, -0.2) is 38.2 Å². The monoisotopic (exact) mass is 467 g/mol. The molecule has 2 aromatic heterocycles. The molecule has 9 heteroatoms. The molecule has 0 aliphatic rings. The minimum atomic E-state index is -1.12. The normalized spacial score (nSPS) is 13.0. The van der Waals surface area contributed by atoms with Gasteiger partial charge in [-0.1, -0.05) is 36.4 Å². The molecule has 2 aromatic carbocycles. The number of hydrogen-bond acceptors (Lipinski definition) is 5. The smallest absolute Gasteiger partial charge is 0.270 e. The number of aryl methyl sites for hydroxylation is 1. The van der Waals surface area contributed by atoms with Gasteiger partial charge in [0.2, 0.25) is 0 Å². The quantitative estimate of drug-likeness (QED) is 0.370. The summed E-state index contributed by atoms with van der Waals surface area (Å²) in [4.78, 5) is 17.5. The summed E-state index contributed by atoms with van der Waals surface area (Å²) in [7, 11) is 0. The largest absolute Gasteiger partial charge is 0.485 e. The average Bonchev–Trinajstić information content (AvgIpc) is 3.18. The number of carbonyl (C=O) groups is 1. The Hall–Kier alpha value is -3.82. The molecule has 0 bridgehead atoms. The van der Waals surface area contributed by atoms with Crippen LogP contribution in [0.3, 0.4) is 0 Å². The van der Waals surface area contributed by atoms with Gasteiger partial charge in [-0.25, -0.2) is 13.8 Å². The molecule has 0 saturated carbocycles. The van der Waals surface area contributed by atoms with E-state index in [1.54, 1.807) is 55.6 Å². The minimum absolute atomic E-state index is 0.177. The van der Waals surface area contributed by atoms with Crippen molar-refractivity contribution in [3.63, 3.8) is 0 Å². The Morgan fingerprint density at radius 3 is 2.47 bits per heavy atom. The van der Waals surface area contributed by atoms with Crippen molar-refractivity contribution in [2.24, 2.45) is 0 Å². The molecule has 4 rings (SSSR count). The molecule has 1 amide bonds. The molecule has 0 spiro atoms. The summed E-state index contributed by atoms with van der Waals surface area (Å²) in [6.07, 6.45) is 0.478. The first-order valence-electron chi connectivity index (χ1n) is 10.6. The van der Waals surface area contributed by atoms with Gasteiger partial charge in [-0.3, -0.25) is 9.20 Å². The van der Waals surface area contributed by atoms with E-state index in [4.69, 9.17) is 4.74 Å². The number of nitrogens with zero attached hydrogens (tertiary/aromatic N) is 2. The molecule has 0 aliphatic carbocycles. The lowest BCUT2D eigenvalue weighted by molar-refractivity contribution is 0.0698. The van der Waals surface area contributed by atoms with E-state index in [1.807, 2.05) is 0 Å². The van der Waals surface area contributed by atoms with Gasteiger partial charge in [0, 0.05) is 6.20 Å². The fourth-order valence-electron chi connectivity index (χ4n) is 3.71. The van der Waals surface area contributed by atoms with E-state index >= 15 is 0 Å². The number of benzene rings is 2. The lowest BCUT2D eigenvalue weighted by atomic mass is 10.0. The Morgan fingerprint density at radius 2 is 1.79 bits per heavy atom. The number of halogens is 2. The maximum atomic E-state index is 13.9. The number of imidazole rings is 1. The van der Waals surface area contributed by atoms with E-state index in [0.29, 0.717) is 11.3 Å². The highest BCUT2D eigenvalue weighted by Crippen LogP contribution is 2.25. The number of aromatic nitrogens is 2. The highest BCUT2D eigenvalue weighted by atomic mass is 19.1. The molecule has 0 radical (unpaired) electrons. The number of nitrogens with one attached hydrogen (secondary N) is 1. The van der Waals surface area contributed by atoms with Crippen molar-refractivity contribution in [3.05, 3.63) is 101 Å². The molecule has 0 saturated heterocycles. The molecule has 176 valence electrons. The van der Waals surface area contributed by atoms with Crippen molar-refractivity contribution < 1.29 is 28.5 Å². The van der Waals surface area contributed by atoms with Gasteiger partial charge in [-0.15, -0.1) is 0 Å². The van der Waals surface area contributed by atoms with Crippen LogP contribution < -0.4 is 10.1 Å². The molecule has 0 unspecified atom stereocenters. The Balaban J connectivity index is 1.58. The van der Waals surface area contributed by atoms with Crippen molar-refractivity contribution in [2.45, 2.75) is 25.7 Å². The summed E-state index contributed by atoms with van der Waals surface area (Å²) in [5, 5.41) is 23.0. The van der Waals surface area contributed by atoms with Crippen LogP contribution in [-0.2, 0) is 6.61 Å². The molecule has 2 heterocycles. The van der Waals surface area contributed by atoms with Crippen molar-refractivity contribution >= 4 is 11.6 Å². The second-order valence-corrected chi connectivity index (χ2v) is 7.72. The SMILES string of the molecule is Cc1nc2c(OCc3c(F)cccc3F)cccn2c1C(=O)N[C@@H](CO)[C@@H](O)c1ccccc1. The number of ether oxygens (including phenoxy) is 1. The third-order valence-corrected chi connectivity index (χ3v) is 5.47. The van der Waals surface area contributed by atoms with E-state index in [0.717, 1.165) is 12.1 Å². The van der Waals surface area contributed by atoms with Gasteiger partial charge in [-0.05, 0) is 36.8 Å². The summed E-state index contributed by atoms with van der Waals surface area (Å²) >= 11 is 0. The van der Waals surface area contributed by atoms with Crippen LogP contribution >= 0.6 is 0 Å². The van der Waals surface area contributed by atoms with Gasteiger partial charge in [0.15, 0.2) is 11.4 Å². The molecular weight excluding hydrogens is 444 g/mol. The van der Waals surface area contributed by atoms with Crippen LogP contribution in [0.4, 0.5) is 8.78 Å². The minimum Gasteiger partial charge on any atom is -0.485 e. The number of rotatable bonds is 8. The van der Waals surface area contributed by atoms with Crippen LogP contribution in [0, 0.1) is 18.6 Å². The van der Waals surface area contributed by atoms with Gasteiger partial charge in [0.25, 0.3) is 5.91 Å². The zero-order chi connectivity index (χ0) is 24.2. The third kappa shape index (κ3) is 4.61. The number of aliphatic hydroxyl groups is 2. The maximum Gasteiger partial charge on any atom is 0.270 e. The van der Waals surface area contributed by atoms with Crippen molar-refractivity contribution in [1.29, 1.82) is 0 Å². The highest BCUT2D eigenvalue weighted by Gasteiger charge is 2.26. The summed E-state index contributed by atoms with van der Waals surface area (Å²) < 4.78 is 35.0. The summed E-state index contributed by atoms with van der Waals surface area (Å²) in [5.74, 6) is -1.77. The molecular formula is C25H23F2N3O4. The number of amides is 1. The standard InChI is InChI=1S/C25H23F2N3O4/c1-15-22(25(33)29-20(13-31)23(32)16-7-3-2-4-8-16)30-12-6-11-21(24(30)28-15)34-14-17-18(26)9-5-10-19(17)27/h2-12,20,23,31-32H,13-14H2,1H3,(H,29,33)/t20-,23-/m0/s1. The van der Waals surface area contributed by atoms with E-state index < -0.39 is 36.3 Å². The molecule has 0 fully saturated rings. The third-order valence-electron chi connectivity index (χ3n) is 5.47. The number of hydrogen-bond donors (Lipinski definition) is 3. The number of carbonyl (C=O) groups excluding carboxylic acids is 1. The van der Waals surface area contributed by atoms with Crippen molar-refractivity contribution in [2.75, 3.05) is 6.61 Å². The van der Waals surface area contributed by atoms with Crippen LogP contribution in [0.2, 0.25) is 0 Å². The van der Waals surface area contributed by atoms with Crippen molar-refractivity contribution in [3.8, 4) is 5.75 Å². The lowest BCUT2D eigenvalue weighted by Crippen LogP contribution is -2.42. The summed E-state index contributed by atoms with van der Waals surface area (Å²) in [6, 6.07) is 14.5. The van der Waals surface area contributed by atoms with Crippen LogP contribution in [0.5, 0.6) is 5.75 Å². The van der Waals surface area contributed by atoms with Crippen molar-refractivity contribution in [1.82, 2.24) is 14.7 Å². The van der Waals surface area contributed by atoms with E-state index in [1.165, 1.54) is 10.5 Å². The molecule has 4 aromatic rings. The zero-order valence-electron chi connectivity index (χ0n) is 18.3. The Bertz CT molecular complexity index is 1290. The average molecular weight is 467 g/mol. The van der Waals surface area contributed by atoms with Gasteiger partial charge in [0.05, 0.1) is 23.9 Å². The van der Waals surface area contributed by atoms with Gasteiger partial charge < -0.3 is 20.3 Å². The van der Waals surface area contributed by atoms with Crippen LogP contribution in [0.15, 0.2) is 66.9 Å². The second kappa shape index (κ2) is 9.98. The van der Waals surface area contributed by atoms with Crippen LogP contribution in [0.25, 0.3) is 5.65 Å². The predicted molar refractivity (Wildman–Crippen MR) is 120 cm³/mol. The fourth-order valence-corrected chi connectivity index (χ4v) is 3.71. The molecule has 3 N–H and O–H groups in total. The molecule has 0 aliphatic heterocycles. The topological polar surface area (TPSA) is 96.1 Å². The predicted octanol–water partition coefficient (Wildman–Crippen LogP) is 3.32. The first-order valence-corrected chi connectivity index (χ1v) is 10.6.